The molecule has 1 rings (SSSR count). The van der Waals surface area contributed by atoms with Crippen LogP contribution in [-0.2, 0) is 0 Å². The molecule has 0 spiro atoms. The Morgan fingerprint density at radius 1 is 1.28 bits per heavy atom. The fourth-order valence-electron chi connectivity index (χ4n) is 1.33. The maximum Gasteiger partial charge on any atom is 0.573 e. The van der Waals surface area contributed by atoms with Crippen LogP contribution in [0.1, 0.15) is 11.7 Å². The van der Waals surface area contributed by atoms with E-state index in [0.717, 1.165) is 18.2 Å². The largest absolute Gasteiger partial charge is 0.573 e. The number of rotatable bonds is 4. The van der Waals surface area contributed by atoms with E-state index in [4.69, 9.17) is 10.8 Å². The second-order valence-corrected chi connectivity index (χ2v) is 3.53. The Hall–Kier alpha value is -1.51. The standard InChI is InChI=1S/C10H12F3NO4/c11-10(12,13)18-5-1-2-6(7(14)3-5)9(17)8(16)4-15/h1-3,8-9,15-17H,4,14H2. The van der Waals surface area contributed by atoms with E-state index in [9.17, 15) is 23.4 Å². The Labute approximate surface area is 100 Å². The Bertz CT molecular complexity index is 411. The molecule has 5 N–H and O–H groups in total. The molecule has 1 aromatic rings. The minimum absolute atomic E-state index is 0.00562. The predicted molar refractivity (Wildman–Crippen MR) is 55.6 cm³/mol. The van der Waals surface area contributed by atoms with Crippen LogP contribution in [0.5, 0.6) is 5.75 Å². The van der Waals surface area contributed by atoms with Gasteiger partial charge in [0.25, 0.3) is 0 Å². The number of alkyl halides is 3. The average Bonchev–Trinajstić information content (AvgIpc) is 2.25. The van der Waals surface area contributed by atoms with E-state index in [1.54, 1.807) is 0 Å². The van der Waals surface area contributed by atoms with Crippen LogP contribution in [0, 0.1) is 0 Å². The van der Waals surface area contributed by atoms with Crippen LogP contribution in [-0.4, -0.2) is 34.4 Å². The van der Waals surface area contributed by atoms with E-state index in [2.05, 4.69) is 4.74 Å². The van der Waals surface area contributed by atoms with Gasteiger partial charge < -0.3 is 25.8 Å². The van der Waals surface area contributed by atoms with E-state index >= 15 is 0 Å². The summed E-state index contributed by atoms with van der Waals surface area (Å²) in [4.78, 5) is 0. The number of halogens is 3. The molecule has 0 amide bonds. The summed E-state index contributed by atoms with van der Waals surface area (Å²) >= 11 is 0. The van der Waals surface area contributed by atoms with E-state index in [1.165, 1.54) is 0 Å². The van der Waals surface area contributed by atoms with Gasteiger partial charge in [0.15, 0.2) is 0 Å². The molecule has 0 heterocycles. The summed E-state index contributed by atoms with van der Waals surface area (Å²) in [6.45, 7) is -0.707. The topological polar surface area (TPSA) is 95.9 Å². The van der Waals surface area contributed by atoms with Gasteiger partial charge in [0, 0.05) is 17.3 Å². The third kappa shape index (κ3) is 3.76. The van der Waals surface area contributed by atoms with Crippen LogP contribution in [0.25, 0.3) is 0 Å². The average molecular weight is 267 g/mol. The molecule has 0 saturated heterocycles. The smallest absolute Gasteiger partial charge is 0.406 e. The zero-order chi connectivity index (χ0) is 13.9. The Kier molecular flexibility index (Phi) is 4.38. The lowest BCUT2D eigenvalue weighted by Gasteiger charge is -2.18. The van der Waals surface area contributed by atoms with Crippen molar-refractivity contribution in [1.29, 1.82) is 0 Å². The van der Waals surface area contributed by atoms with Crippen molar-refractivity contribution >= 4 is 5.69 Å². The molecule has 1 aromatic carbocycles. The number of aliphatic hydroxyl groups excluding tert-OH is 3. The summed E-state index contributed by atoms with van der Waals surface area (Å²) in [5.74, 6) is -0.533. The first-order chi connectivity index (χ1) is 8.24. The monoisotopic (exact) mass is 267 g/mol. The van der Waals surface area contributed by atoms with Gasteiger partial charge in [-0.3, -0.25) is 0 Å². The summed E-state index contributed by atoms with van der Waals surface area (Å²) < 4.78 is 39.4. The number of hydrogen-bond donors (Lipinski definition) is 4. The molecule has 0 saturated carbocycles. The molecular weight excluding hydrogens is 255 g/mol. The lowest BCUT2D eigenvalue weighted by Crippen LogP contribution is -2.23. The molecule has 0 radical (unpaired) electrons. The maximum absolute atomic E-state index is 11.9. The van der Waals surface area contributed by atoms with Crippen molar-refractivity contribution < 1.29 is 33.2 Å². The lowest BCUT2D eigenvalue weighted by atomic mass is 10.0. The molecule has 0 bridgehead atoms. The number of hydrogen-bond acceptors (Lipinski definition) is 5. The van der Waals surface area contributed by atoms with Gasteiger partial charge in [0.05, 0.1) is 6.61 Å². The number of anilines is 1. The molecule has 0 aliphatic heterocycles. The number of nitrogens with two attached hydrogens (primary N) is 1. The highest BCUT2D eigenvalue weighted by molar-refractivity contribution is 5.52. The highest BCUT2D eigenvalue weighted by Crippen LogP contribution is 2.30. The van der Waals surface area contributed by atoms with Gasteiger partial charge in [0.1, 0.15) is 18.0 Å². The fraction of sp³-hybridized carbons (Fsp3) is 0.400. The molecule has 18 heavy (non-hydrogen) atoms. The molecule has 0 aliphatic carbocycles. The number of nitrogen functional groups attached to an aromatic ring is 1. The van der Waals surface area contributed by atoms with E-state index in [0.29, 0.717) is 0 Å². The number of benzene rings is 1. The van der Waals surface area contributed by atoms with Crippen molar-refractivity contribution in [3.63, 3.8) is 0 Å². The maximum atomic E-state index is 11.9. The second-order valence-electron chi connectivity index (χ2n) is 3.53. The third-order valence-electron chi connectivity index (χ3n) is 2.16. The first-order valence-corrected chi connectivity index (χ1v) is 4.86. The van der Waals surface area contributed by atoms with Crippen molar-refractivity contribution in [3.05, 3.63) is 23.8 Å². The number of aliphatic hydroxyl groups is 3. The molecule has 8 heteroatoms. The third-order valence-corrected chi connectivity index (χ3v) is 2.16. The van der Waals surface area contributed by atoms with Gasteiger partial charge >= 0.3 is 6.36 Å². The Morgan fingerprint density at radius 2 is 1.89 bits per heavy atom. The Balaban J connectivity index is 2.92. The van der Waals surface area contributed by atoms with E-state index in [-0.39, 0.29) is 11.3 Å². The molecular formula is C10H12F3NO4. The van der Waals surface area contributed by atoms with Gasteiger partial charge in [0.2, 0.25) is 0 Å². The van der Waals surface area contributed by atoms with Crippen LogP contribution in [0.3, 0.4) is 0 Å². The van der Waals surface area contributed by atoms with Gasteiger partial charge in [-0.15, -0.1) is 13.2 Å². The van der Waals surface area contributed by atoms with Crippen LogP contribution in [0.4, 0.5) is 18.9 Å². The van der Waals surface area contributed by atoms with Crippen molar-refractivity contribution in [3.8, 4) is 5.75 Å². The summed E-state index contributed by atoms with van der Waals surface area (Å²) in [5, 5.41) is 27.4. The quantitative estimate of drug-likeness (QED) is 0.598. The van der Waals surface area contributed by atoms with E-state index in [1.807, 2.05) is 0 Å². The molecule has 5 nitrogen and oxygen atoms in total. The first-order valence-electron chi connectivity index (χ1n) is 4.86. The second kappa shape index (κ2) is 5.42. The first kappa shape index (κ1) is 14.6. The summed E-state index contributed by atoms with van der Waals surface area (Å²) in [6.07, 6.45) is -7.80. The highest BCUT2D eigenvalue weighted by Gasteiger charge is 2.31. The van der Waals surface area contributed by atoms with Crippen LogP contribution in [0.15, 0.2) is 18.2 Å². The molecule has 102 valence electrons. The number of ether oxygens (including phenoxy) is 1. The van der Waals surface area contributed by atoms with Crippen molar-refractivity contribution in [2.24, 2.45) is 0 Å². The SMILES string of the molecule is Nc1cc(OC(F)(F)F)ccc1C(O)C(O)CO. The van der Waals surface area contributed by atoms with Gasteiger partial charge in [-0.05, 0) is 6.07 Å². The van der Waals surface area contributed by atoms with Gasteiger partial charge in [-0.1, -0.05) is 6.07 Å². The minimum Gasteiger partial charge on any atom is -0.406 e. The summed E-state index contributed by atoms with van der Waals surface area (Å²) in [5.41, 5.74) is 5.26. The van der Waals surface area contributed by atoms with Crippen molar-refractivity contribution in [1.82, 2.24) is 0 Å². The molecule has 0 aromatic heterocycles. The summed E-state index contributed by atoms with van der Waals surface area (Å²) in [7, 11) is 0. The van der Waals surface area contributed by atoms with Crippen molar-refractivity contribution in [2.45, 2.75) is 18.6 Å². The molecule has 2 atom stereocenters. The van der Waals surface area contributed by atoms with Crippen LogP contribution >= 0.6 is 0 Å². The highest BCUT2D eigenvalue weighted by atomic mass is 19.4. The van der Waals surface area contributed by atoms with Crippen LogP contribution < -0.4 is 10.5 Å². The van der Waals surface area contributed by atoms with Crippen molar-refractivity contribution in [2.75, 3.05) is 12.3 Å². The Morgan fingerprint density at radius 3 is 2.33 bits per heavy atom. The lowest BCUT2D eigenvalue weighted by molar-refractivity contribution is -0.274. The predicted octanol–water partition coefficient (Wildman–Crippen LogP) is 0.554. The molecule has 0 fully saturated rings. The molecule has 2 unspecified atom stereocenters. The molecule has 0 aliphatic rings. The van der Waals surface area contributed by atoms with Crippen LogP contribution in [0.2, 0.25) is 0 Å². The minimum atomic E-state index is -4.84. The van der Waals surface area contributed by atoms with E-state index < -0.39 is 30.9 Å². The van der Waals surface area contributed by atoms with Gasteiger partial charge in [-0.2, -0.15) is 0 Å². The zero-order valence-electron chi connectivity index (χ0n) is 9.05. The fourth-order valence-corrected chi connectivity index (χ4v) is 1.33. The van der Waals surface area contributed by atoms with Gasteiger partial charge in [-0.25, -0.2) is 0 Å². The zero-order valence-corrected chi connectivity index (χ0v) is 9.05. The summed E-state index contributed by atoms with van der Waals surface area (Å²) in [6, 6.07) is 2.91. The normalized spacial score (nSPS) is 15.2.